The molecular weight excluding hydrogens is 256 g/mol. The molecule has 0 aromatic heterocycles. The Morgan fingerprint density at radius 1 is 1.40 bits per heavy atom. The average Bonchev–Trinajstić information content (AvgIpc) is 2.41. The summed E-state index contributed by atoms with van der Waals surface area (Å²) in [4.78, 5) is 34.6. The number of rotatable bonds is 5. The lowest BCUT2D eigenvalue weighted by atomic mass is 10.1. The first-order valence-corrected chi connectivity index (χ1v) is 6.35. The zero-order valence-electron chi connectivity index (χ0n) is 11.4. The smallest absolute Gasteiger partial charge is 0.251 e. The van der Waals surface area contributed by atoms with Gasteiger partial charge >= 0.3 is 0 Å². The van der Waals surface area contributed by atoms with E-state index in [0.29, 0.717) is 12.0 Å². The van der Waals surface area contributed by atoms with E-state index < -0.39 is 11.9 Å². The number of hydrogen-bond acceptors (Lipinski definition) is 3. The molecule has 0 aromatic rings. The van der Waals surface area contributed by atoms with Crippen LogP contribution in [0.15, 0.2) is 48.6 Å². The predicted molar refractivity (Wildman–Crippen MR) is 76.5 cm³/mol. The fourth-order valence-corrected chi connectivity index (χ4v) is 1.68. The number of imide groups is 1. The Hall–Kier alpha value is -2.43. The summed E-state index contributed by atoms with van der Waals surface area (Å²) in [7, 11) is 0. The highest BCUT2D eigenvalue weighted by molar-refractivity contribution is 6.04. The number of allylic oxidation sites excluding steroid dienone is 5. The Balaban J connectivity index is 2.71. The molecule has 1 atom stereocenters. The zero-order valence-corrected chi connectivity index (χ0v) is 11.4. The molecule has 0 radical (unpaired) electrons. The number of carbonyl (C=O) groups excluding carboxylic acids is 3. The van der Waals surface area contributed by atoms with Gasteiger partial charge in [0.1, 0.15) is 6.04 Å². The average molecular weight is 274 g/mol. The lowest BCUT2D eigenvalue weighted by molar-refractivity contribution is -0.136. The summed E-state index contributed by atoms with van der Waals surface area (Å²) in [5, 5.41) is 4.80. The van der Waals surface area contributed by atoms with Crippen LogP contribution in [-0.4, -0.2) is 23.8 Å². The molecule has 1 rings (SSSR count). The Morgan fingerprint density at radius 3 is 2.75 bits per heavy atom. The highest BCUT2D eigenvalue weighted by Crippen LogP contribution is 2.06. The third kappa shape index (κ3) is 4.68. The third-order valence-corrected chi connectivity index (χ3v) is 2.68. The van der Waals surface area contributed by atoms with Crippen LogP contribution < -0.4 is 10.6 Å². The van der Waals surface area contributed by atoms with Gasteiger partial charge in [0.25, 0.3) is 5.91 Å². The van der Waals surface area contributed by atoms with Crippen molar-refractivity contribution < 1.29 is 14.4 Å². The van der Waals surface area contributed by atoms with E-state index in [2.05, 4.69) is 17.2 Å². The first-order chi connectivity index (χ1) is 9.58. The fraction of sp³-hybridized carbons (Fsp3) is 0.267. The van der Waals surface area contributed by atoms with Crippen LogP contribution in [0.25, 0.3) is 0 Å². The van der Waals surface area contributed by atoms with E-state index in [9.17, 15) is 14.4 Å². The summed E-state index contributed by atoms with van der Waals surface area (Å²) in [6.07, 6.45) is 10.6. The van der Waals surface area contributed by atoms with Crippen molar-refractivity contribution in [2.24, 2.45) is 0 Å². The van der Waals surface area contributed by atoms with Gasteiger partial charge in [-0.15, -0.1) is 0 Å². The van der Waals surface area contributed by atoms with E-state index in [-0.39, 0.29) is 18.2 Å². The van der Waals surface area contributed by atoms with Gasteiger partial charge in [0.2, 0.25) is 11.8 Å². The maximum Gasteiger partial charge on any atom is 0.251 e. The topological polar surface area (TPSA) is 75.3 Å². The molecule has 1 aliphatic heterocycles. The van der Waals surface area contributed by atoms with Gasteiger partial charge in [-0.25, -0.2) is 0 Å². The molecule has 1 aliphatic rings. The van der Waals surface area contributed by atoms with Crippen molar-refractivity contribution in [3.63, 3.8) is 0 Å². The van der Waals surface area contributed by atoms with Crippen molar-refractivity contribution in [2.45, 2.75) is 25.8 Å². The summed E-state index contributed by atoms with van der Waals surface area (Å²) in [6.45, 7) is 5.42. The highest BCUT2D eigenvalue weighted by atomic mass is 16.2. The Labute approximate surface area is 118 Å². The van der Waals surface area contributed by atoms with Gasteiger partial charge in [0, 0.05) is 12.0 Å². The van der Waals surface area contributed by atoms with Crippen LogP contribution in [0.4, 0.5) is 0 Å². The fourth-order valence-electron chi connectivity index (χ4n) is 1.68. The molecule has 0 aromatic carbocycles. The molecule has 1 heterocycles. The molecule has 3 amide bonds. The van der Waals surface area contributed by atoms with Crippen molar-refractivity contribution in [2.75, 3.05) is 0 Å². The van der Waals surface area contributed by atoms with Crippen LogP contribution in [-0.2, 0) is 14.4 Å². The van der Waals surface area contributed by atoms with Crippen LogP contribution in [0, 0.1) is 0 Å². The maximum atomic E-state index is 12.1. The predicted octanol–water partition coefficient (Wildman–Crippen LogP) is 1.15. The van der Waals surface area contributed by atoms with Gasteiger partial charge in [-0.2, -0.15) is 0 Å². The van der Waals surface area contributed by atoms with Crippen LogP contribution >= 0.6 is 0 Å². The van der Waals surface area contributed by atoms with Crippen LogP contribution in [0.3, 0.4) is 0 Å². The Morgan fingerprint density at radius 2 is 2.15 bits per heavy atom. The monoisotopic (exact) mass is 274 g/mol. The molecule has 2 N–H and O–H groups in total. The van der Waals surface area contributed by atoms with Crippen LogP contribution in [0.5, 0.6) is 0 Å². The molecule has 0 bridgehead atoms. The van der Waals surface area contributed by atoms with Crippen LogP contribution in [0.1, 0.15) is 19.8 Å². The third-order valence-electron chi connectivity index (χ3n) is 2.68. The normalized spacial score (nSPS) is 20.2. The molecule has 106 valence electrons. The largest absolute Gasteiger partial charge is 0.340 e. The molecule has 1 fully saturated rings. The first kappa shape index (κ1) is 15.6. The molecule has 5 heteroatoms. The van der Waals surface area contributed by atoms with Crippen LogP contribution in [0.2, 0.25) is 0 Å². The van der Waals surface area contributed by atoms with Gasteiger partial charge in [0.05, 0.1) is 0 Å². The summed E-state index contributed by atoms with van der Waals surface area (Å²) in [5.41, 5.74) is 0.391. The summed E-state index contributed by atoms with van der Waals surface area (Å²) in [5.74, 6) is -1.15. The molecular formula is C15H18N2O3. The van der Waals surface area contributed by atoms with E-state index in [1.54, 1.807) is 24.3 Å². The molecule has 1 unspecified atom stereocenters. The molecule has 20 heavy (non-hydrogen) atoms. The number of hydrogen-bond donors (Lipinski definition) is 2. The van der Waals surface area contributed by atoms with Crippen molar-refractivity contribution in [1.82, 2.24) is 10.6 Å². The molecule has 1 saturated heterocycles. The van der Waals surface area contributed by atoms with Gasteiger partial charge in [0.15, 0.2) is 0 Å². The molecule has 5 nitrogen and oxygen atoms in total. The van der Waals surface area contributed by atoms with E-state index in [1.165, 1.54) is 6.08 Å². The van der Waals surface area contributed by atoms with E-state index >= 15 is 0 Å². The van der Waals surface area contributed by atoms with Gasteiger partial charge < -0.3 is 5.32 Å². The second-order valence-electron chi connectivity index (χ2n) is 4.22. The van der Waals surface area contributed by atoms with Gasteiger partial charge in [-0.3, -0.25) is 19.7 Å². The highest BCUT2D eigenvalue weighted by Gasteiger charge is 2.28. The van der Waals surface area contributed by atoms with Crippen molar-refractivity contribution in [1.29, 1.82) is 0 Å². The minimum atomic E-state index is -0.677. The number of amides is 3. The van der Waals surface area contributed by atoms with E-state index in [0.717, 1.165) is 0 Å². The maximum absolute atomic E-state index is 12.1. The summed E-state index contributed by atoms with van der Waals surface area (Å²) >= 11 is 0. The standard InChI is InChI=1S/C15H18N2O3/c1-3-5-6-8-11(7-4-2)14(19)16-12-9-10-13(18)17-15(12)20/h3-8,12H,2,9-10H2,1H3,(H,16,19)(H,17,18,20)/b5-3-,8-6-,11-7+. The second kappa shape index (κ2) is 7.89. The summed E-state index contributed by atoms with van der Waals surface area (Å²) < 4.78 is 0. The zero-order chi connectivity index (χ0) is 15.0. The first-order valence-electron chi connectivity index (χ1n) is 6.35. The Kier molecular flexibility index (Phi) is 6.16. The molecule has 0 saturated carbocycles. The molecule has 0 aliphatic carbocycles. The minimum Gasteiger partial charge on any atom is -0.340 e. The van der Waals surface area contributed by atoms with E-state index in [1.807, 2.05) is 13.0 Å². The summed E-state index contributed by atoms with van der Waals surface area (Å²) in [6, 6.07) is -0.677. The van der Waals surface area contributed by atoms with Crippen molar-refractivity contribution >= 4 is 17.7 Å². The van der Waals surface area contributed by atoms with Crippen molar-refractivity contribution in [3.8, 4) is 0 Å². The number of nitrogens with one attached hydrogen (secondary N) is 2. The SMILES string of the molecule is C=C\C=C(/C=C\C=C/C)C(=O)NC1CCC(=O)NC1=O. The number of carbonyl (C=O) groups is 3. The second-order valence-corrected chi connectivity index (χ2v) is 4.22. The van der Waals surface area contributed by atoms with Crippen molar-refractivity contribution in [3.05, 3.63) is 48.6 Å². The van der Waals surface area contributed by atoms with Gasteiger partial charge in [-0.05, 0) is 19.4 Å². The van der Waals surface area contributed by atoms with Gasteiger partial charge in [-0.1, -0.05) is 37.0 Å². The number of piperidine rings is 1. The lowest BCUT2D eigenvalue weighted by Gasteiger charge is -2.21. The minimum absolute atomic E-state index is 0.228. The Bertz CT molecular complexity index is 501. The quantitative estimate of drug-likeness (QED) is 0.448. The molecule has 0 spiro atoms. The van der Waals surface area contributed by atoms with E-state index in [4.69, 9.17) is 0 Å². The lowest BCUT2D eigenvalue weighted by Crippen LogP contribution is -2.52.